The Bertz CT molecular complexity index is 803. The minimum Gasteiger partial charge on any atom is -0.378 e. The van der Waals surface area contributed by atoms with Gasteiger partial charge in [-0.05, 0) is 43.5 Å². The molecule has 7 nitrogen and oxygen atoms in total. The van der Waals surface area contributed by atoms with Crippen LogP contribution in [0.5, 0.6) is 0 Å². The number of benzene rings is 1. The number of nitrogens with one attached hydrogen (secondary N) is 1. The summed E-state index contributed by atoms with van der Waals surface area (Å²) in [6.07, 6.45) is 2.82. The Hall–Kier alpha value is -2.48. The van der Waals surface area contributed by atoms with E-state index in [-0.39, 0.29) is 11.8 Å². The fourth-order valence-corrected chi connectivity index (χ4v) is 3.93. The molecule has 1 N–H and O–H groups in total. The Balaban J connectivity index is 1.66. The van der Waals surface area contributed by atoms with E-state index in [4.69, 9.17) is 0 Å². The van der Waals surface area contributed by atoms with E-state index in [9.17, 15) is 9.59 Å². The second kappa shape index (κ2) is 8.47. The fraction of sp³-hybridized carbons (Fsp3) is 0.474. The fourth-order valence-electron chi connectivity index (χ4n) is 3.18. The van der Waals surface area contributed by atoms with Crippen LogP contribution in [0, 0.1) is 0 Å². The molecule has 0 radical (unpaired) electrons. The quantitative estimate of drug-likeness (QED) is 0.824. The van der Waals surface area contributed by atoms with E-state index >= 15 is 0 Å². The van der Waals surface area contributed by atoms with Crippen LogP contribution in [0.3, 0.4) is 0 Å². The second-order valence-electron chi connectivity index (χ2n) is 6.84. The van der Waals surface area contributed by atoms with Crippen molar-refractivity contribution in [1.29, 1.82) is 0 Å². The topological polar surface area (TPSA) is 78.4 Å². The van der Waals surface area contributed by atoms with Gasteiger partial charge in [0, 0.05) is 38.3 Å². The predicted molar refractivity (Wildman–Crippen MR) is 108 cm³/mol. The summed E-state index contributed by atoms with van der Waals surface area (Å²) in [5.74, 6) is -0.128. The molecule has 2 amide bonds. The summed E-state index contributed by atoms with van der Waals surface area (Å²) < 4.78 is 0. The first-order valence-corrected chi connectivity index (χ1v) is 10.0. The summed E-state index contributed by atoms with van der Waals surface area (Å²) in [6, 6.07) is 7.61. The average Bonchev–Trinajstić information content (AvgIpc) is 3.31. The van der Waals surface area contributed by atoms with Crippen LogP contribution in [0.2, 0.25) is 0 Å². The normalized spacial score (nSPS) is 16.4. The Morgan fingerprint density at radius 3 is 2.67 bits per heavy atom. The highest BCUT2D eigenvalue weighted by molar-refractivity contribution is 7.18. The van der Waals surface area contributed by atoms with Gasteiger partial charge >= 0.3 is 0 Å². The highest BCUT2D eigenvalue weighted by Crippen LogP contribution is 2.28. The summed E-state index contributed by atoms with van der Waals surface area (Å²) in [5, 5.41) is 12.3. The van der Waals surface area contributed by atoms with E-state index in [1.807, 2.05) is 50.2 Å². The minimum atomic E-state index is -0.407. The molecule has 27 heavy (non-hydrogen) atoms. The van der Waals surface area contributed by atoms with Gasteiger partial charge in [0.15, 0.2) is 0 Å². The Morgan fingerprint density at radius 1 is 1.26 bits per heavy atom. The van der Waals surface area contributed by atoms with E-state index in [2.05, 4.69) is 15.5 Å². The van der Waals surface area contributed by atoms with E-state index in [0.29, 0.717) is 24.5 Å². The summed E-state index contributed by atoms with van der Waals surface area (Å²) >= 11 is 1.34. The smallest absolute Gasteiger partial charge is 0.249 e. The molecule has 8 heteroatoms. The summed E-state index contributed by atoms with van der Waals surface area (Å²) in [5.41, 5.74) is 2.06. The first-order chi connectivity index (χ1) is 13.0. The molecular formula is C19H25N5O2S. The predicted octanol–water partition coefficient (Wildman–Crippen LogP) is 3.00. The molecule has 0 aliphatic carbocycles. The van der Waals surface area contributed by atoms with Crippen LogP contribution in [0.4, 0.5) is 10.8 Å². The van der Waals surface area contributed by atoms with Gasteiger partial charge in [0.05, 0.1) is 0 Å². The lowest BCUT2D eigenvalue weighted by Gasteiger charge is -2.23. The second-order valence-corrected chi connectivity index (χ2v) is 7.82. The van der Waals surface area contributed by atoms with Crippen molar-refractivity contribution in [1.82, 2.24) is 15.1 Å². The van der Waals surface area contributed by atoms with Crippen molar-refractivity contribution in [2.45, 2.75) is 38.6 Å². The molecule has 1 aromatic carbocycles. The Labute approximate surface area is 163 Å². The number of hydrogen-bond donors (Lipinski definition) is 1. The first-order valence-electron chi connectivity index (χ1n) is 9.21. The van der Waals surface area contributed by atoms with E-state index in [1.165, 1.54) is 11.3 Å². The molecule has 2 heterocycles. The van der Waals surface area contributed by atoms with Crippen LogP contribution in [0.15, 0.2) is 24.3 Å². The maximum absolute atomic E-state index is 12.6. The zero-order valence-electron chi connectivity index (χ0n) is 15.9. The van der Waals surface area contributed by atoms with Crippen molar-refractivity contribution in [2.75, 3.05) is 30.9 Å². The number of likely N-dealkylation sites (tertiary alicyclic amines) is 1. The molecule has 0 bridgehead atoms. The highest BCUT2D eigenvalue weighted by atomic mass is 32.1. The van der Waals surface area contributed by atoms with Gasteiger partial charge in [0.2, 0.25) is 16.9 Å². The third kappa shape index (κ3) is 4.44. The van der Waals surface area contributed by atoms with Gasteiger partial charge in [-0.25, -0.2) is 0 Å². The van der Waals surface area contributed by atoms with Gasteiger partial charge in [-0.1, -0.05) is 18.3 Å². The number of aromatic nitrogens is 2. The molecule has 1 aliphatic heterocycles. The average molecular weight is 388 g/mol. The SMILES string of the molecule is CCCC(=O)N1CCCC1C(=O)Nc1nnc(-c2ccc(N(C)C)cc2)s1. The van der Waals surface area contributed by atoms with E-state index in [0.717, 1.165) is 29.1 Å². The molecule has 0 spiro atoms. The Kier molecular flexibility index (Phi) is 6.05. The molecule has 1 unspecified atom stereocenters. The maximum atomic E-state index is 12.6. The summed E-state index contributed by atoms with van der Waals surface area (Å²) in [6.45, 7) is 2.62. The van der Waals surface area contributed by atoms with Gasteiger partial charge in [-0.2, -0.15) is 0 Å². The number of carbonyl (C=O) groups excluding carboxylic acids is 2. The van der Waals surface area contributed by atoms with Crippen LogP contribution in [-0.4, -0.2) is 53.6 Å². The molecule has 1 aliphatic rings. The van der Waals surface area contributed by atoms with Gasteiger partial charge in [0.1, 0.15) is 11.0 Å². The van der Waals surface area contributed by atoms with Crippen molar-refractivity contribution in [3.8, 4) is 10.6 Å². The lowest BCUT2D eigenvalue weighted by Crippen LogP contribution is -2.43. The molecule has 1 aromatic heterocycles. The molecule has 1 saturated heterocycles. The summed E-state index contributed by atoms with van der Waals surface area (Å²) in [7, 11) is 3.98. The van der Waals surface area contributed by atoms with Crippen LogP contribution < -0.4 is 10.2 Å². The van der Waals surface area contributed by atoms with Crippen LogP contribution in [0.1, 0.15) is 32.6 Å². The molecule has 1 fully saturated rings. The van der Waals surface area contributed by atoms with Crippen molar-refractivity contribution < 1.29 is 9.59 Å². The molecule has 0 saturated carbocycles. The monoisotopic (exact) mass is 387 g/mol. The number of hydrogen-bond acceptors (Lipinski definition) is 6. The minimum absolute atomic E-state index is 0.0501. The van der Waals surface area contributed by atoms with Gasteiger partial charge in [-0.15, -0.1) is 10.2 Å². The first kappa shape index (κ1) is 19.3. The molecular weight excluding hydrogens is 362 g/mol. The van der Waals surface area contributed by atoms with Gasteiger partial charge < -0.3 is 9.80 Å². The van der Waals surface area contributed by atoms with Crippen molar-refractivity contribution in [2.24, 2.45) is 0 Å². The largest absolute Gasteiger partial charge is 0.378 e. The summed E-state index contributed by atoms with van der Waals surface area (Å²) in [4.78, 5) is 28.5. The maximum Gasteiger partial charge on any atom is 0.249 e. The van der Waals surface area contributed by atoms with Gasteiger partial charge in [-0.3, -0.25) is 14.9 Å². The molecule has 3 rings (SSSR count). The van der Waals surface area contributed by atoms with E-state index in [1.54, 1.807) is 4.90 Å². The lowest BCUT2D eigenvalue weighted by molar-refractivity contribution is -0.136. The van der Waals surface area contributed by atoms with Crippen molar-refractivity contribution in [3.63, 3.8) is 0 Å². The molecule has 144 valence electrons. The van der Waals surface area contributed by atoms with Crippen LogP contribution >= 0.6 is 11.3 Å². The van der Waals surface area contributed by atoms with E-state index < -0.39 is 6.04 Å². The standard InChI is InChI=1S/C19H25N5O2S/c1-4-6-16(25)24-12-5-7-15(24)17(26)20-19-22-21-18(27-19)13-8-10-14(11-9-13)23(2)3/h8-11,15H,4-7,12H2,1-3H3,(H,20,22,26). The molecule has 2 aromatic rings. The van der Waals surface area contributed by atoms with Crippen LogP contribution in [-0.2, 0) is 9.59 Å². The zero-order valence-corrected chi connectivity index (χ0v) is 16.8. The lowest BCUT2D eigenvalue weighted by atomic mass is 10.2. The number of rotatable bonds is 6. The highest BCUT2D eigenvalue weighted by Gasteiger charge is 2.33. The van der Waals surface area contributed by atoms with Crippen molar-refractivity contribution >= 4 is 34.0 Å². The number of carbonyl (C=O) groups is 2. The third-order valence-corrected chi connectivity index (χ3v) is 5.51. The Morgan fingerprint density at radius 2 is 2.00 bits per heavy atom. The number of anilines is 2. The number of amides is 2. The van der Waals surface area contributed by atoms with Gasteiger partial charge in [0.25, 0.3) is 0 Å². The molecule has 1 atom stereocenters. The van der Waals surface area contributed by atoms with Crippen molar-refractivity contribution in [3.05, 3.63) is 24.3 Å². The zero-order chi connectivity index (χ0) is 19.4. The number of nitrogens with zero attached hydrogens (tertiary/aromatic N) is 4. The van der Waals surface area contributed by atoms with Crippen LogP contribution in [0.25, 0.3) is 10.6 Å². The third-order valence-electron chi connectivity index (χ3n) is 4.63.